The van der Waals surface area contributed by atoms with E-state index < -0.39 is 17.9 Å². The Morgan fingerprint density at radius 3 is 2.31 bits per heavy atom. The number of esters is 1. The van der Waals surface area contributed by atoms with E-state index in [1.807, 2.05) is 78.2 Å². The van der Waals surface area contributed by atoms with E-state index in [0.717, 1.165) is 65.2 Å². The van der Waals surface area contributed by atoms with E-state index in [2.05, 4.69) is 50.5 Å². The maximum atomic E-state index is 13.9. The van der Waals surface area contributed by atoms with Gasteiger partial charge in [-0.2, -0.15) is 0 Å². The summed E-state index contributed by atoms with van der Waals surface area (Å²) in [7, 11) is 2.87. The Kier molecular flexibility index (Phi) is 12.5. The zero-order valence-electron chi connectivity index (χ0n) is 31.9. The van der Waals surface area contributed by atoms with E-state index in [1.165, 1.54) is 14.2 Å². The predicted molar refractivity (Wildman–Crippen MR) is 211 cm³/mol. The molecule has 3 aliphatic heterocycles. The summed E-state index contributed by atoms with van der Waals surface area (Å²) in [6.07, 6.45) is 7.57. The number of aromatic amines is 1. The first kappa shape index (κ1) is 38.6. The number of nitrogens with one attached hydrogen (secondary N) is 2. The van der Waals surface area contributed by atoms with Crippen LogP contribution in [0.5, 0.6) is 0 Å². The van der Waals surface area contributed by atoms with Crippen LogP contribution in [0.1, 0.15) is 81.3 Å². The van der Waals surface area contributed by atoms with Gasteiger partial charge in [0.15, 0.2) is 5.88 Å². The molecular formula is C44H48N6O5. The number of aromatic nitrogens is 2. The van der Waals surface area contributed by atoms with Crippen molar-refractivity contribution in [1.29, 1.82) is 0 Å². The van der Waals surface area contributed by atoms with Crippen LogP contribution in [0.15, 0.2) is 90.0 Å². The minimum atomic E-state index is -0.628. The number of likely N-dealkylation sites (tertiary alicyclic amines) is 2. The Hall–Kier alpha value is -6.07. The minimum absolute atomic E-state index is 0.0203. The molecule has 2 aromatic carbocycles. The van der Waals surface area contributed by atoms with Gasteiger partial charge in [-0.05, 0) is 73.3 Å². The molecule has 2 saturated heterocycles. The largest absolute Gasteiger partial charge is 0.483 e. The highest BCUT2D eigenvalue weighted by atomic mass is 16.5. The van der Waals surface area contributed by atoms with Crippen LogP contribution in [0.4, 0.5) is 0 Å². The number of methoxy groups -OCH3 is 2. The van der Waals surface area contributed by atoms with Crippen molar-refractivity contribution in [2.75, 3.05) is 27.3 Å². The zero-order chi connectivity index (χ0) is 38.9. The molecule has 0 unspecified atom stereocenters. The van der Waals surface area contributed by atoms with Crippen molar-refractivity contribution in [3.8, 4) is 34.9 Å². The number of aliphatic imine (C=N–C) groups is 1. The Labute approximate surface area is 323 Å². The summed E-state index contributed by atoms with van der Waals surface area (Å²) in [6.45, 7) is 9.13. The summed E-state index contributed by atoms with van der Waals surface area (Å²) in [5.74, 6) is 12.2. The van der Waals surface area contributed by atoms with Gasteiger partial charge in [0.05, 0.1) is 50.5 Å². The average Bonchev–Trinajstić information content (AvgIpc) is 4.04. The fourth-order valence-corrected chi connectivity index (χ4v) is 7.43. The number of H-pyrrole nitrogens is 1. The molecule has 0 radical (unpaired) electrons. The van der Waals surface area contributed by atoms with Crippen LogP contribution in [-0.4, -0.2) is 82.7 Å². The monoisotopic (exact) mass is 740 g/mol. The molecule has 11 heteroatoms. The van der Waals surface area contributed by atoms with E-state index in [1.54, 1.807) is 12.4 Å². The normalized spacial score (nSPS) is 18.6. The molecule has 3 aliphatic rings. The summed E-state index contributed by atoms with van der Waals surface area (Å²) < 4.78 is 10.1. The molecule has 6 rings (SSSR count). The number of allylic oxidation sites excluding steroid dienone is 1. The van der Waals surface area contributed by atoms with Crippen LogP contribution in [0.3, 0.4) is 0 Å². The fraction of sp³-hybridized carbons (Fsp3) is 0.386. The van der Waals surface area contributed by atoms with E-state index in [0.29, 0.717) is 25.4 Å². The first-order chi connectivity index (χ1) is 26.7. The number of rotatable bonds is 12. The van der Waals surface area contributed by atoms with Crippen molar-refractivity contribution in [1.82, 2.24) is 25.1 Å². The third-order valence-electron chi connectivity index (χ3n) is 10.4. The van der Waals surface area contributed by atoms with Crippen molar-refractivity contribution < 1.29 is 23.9 Å². The first-order valence-corrected chi connectivity index (χ1v) is 18.8. The second-order valence-corrected chi connectivity index (χ2v) is 14.3. The topological polar surface area (TPSA) is 129 Å². The van der Waals surface area contributed by atoms with Crippen LogP contribution < -0.4 is 5.32 Å². The van der Waals surface area contributed by atoms with E-state index in [4.69, 9.17) is 9.47 Å². The van der Waals surface area contributed by atoms with Gasteiger partial charge in [-0.15, -0.1) is 0 Å². The molecule has 2 fully saturated rings. The minimum Gasteiger partial charge on any atom is -0.483 e. The van der Waals surface area contributed by atoms with Crippen LogP contribution >= 0.6 is 0 Å². The number of ether oxygens (including phenoxy) is 2. The van der Waals surface area contributed by atoms with Gasteiger partial charge >= 0.3 is 5.97 Å². The van der Waals surface area contributed by atoms with Crippen molar-refractivity contribution in [2.24, 2.45) is 10.9 Å². The molecular weight excluding hydrogens is 693 g/mol. The van der Waals surface area contributed by atoms with Gasteiger partial charge < -0.3 is 29.6 Å². The number of amides is 2. The number of nitrogens with zero attached hydrogens (tertiary/aromatic N) is 4. The number of carbonyl (C=O) groups excluding carboxylic acids is 3. The van der Waals surface area contributed by atoms with Gasteiger partial charge in [0.1, 0.15) is 11.9 Å². The summed E-state index contributed by atoms with van der Waals surface area (Å²) in [4.78, 5) is 56.2. The first-order valence-electron chi connectivity index (χ1n) is 18.8. The van der Waals surface area contributed by atoms with Crippen LogP contribution in [0.25, 0.3) is 11.3 Å². The Balaban J connectivity index is 1.05. The third kappa shape index (κ3) is 9.18. The predicted octanol–water partition coefficient (Wildman–Crippen LogP) is 5.89. The zero-order valence-corrected chi connectivity index (χ0v) is 31.9. The second kappa shape index (κ2) is 17.8. The Morgan fingerprint density at radius 1 is 0.927 bits per heavy atom. The molecule has 0 saturated carbocycles. The standard InChI is InChI=1S/C44H48N6O5/c1-29(2)41(47-30(3)54-4)44(53)49-23-11-17-38(49)36-25-32(27-45-36)14-10-9-13-31-19-21-34(22-20-31)37-28-46-42(48-37)39-18-12-24-50(39)43(52)35(26-40(51)55-5)33-15-7-6-8-16-33/h6-8,15-16,19-22,27-29,35,38-39,41,47H,3,11-12,17-18,23-26H2,1-2,4-5H3,(H,46,48)/t35-,38+,39+,41+/m1/s1. The van der Waals surface area contributed by atoms with Gasteiger partial charge in [-0.3, -0.25) is 19.4 Å². The molecule has 0 aliphatic carbocycles. The smallest absolute Gasteiger partial charge is 0.306 e. The lowest BCUT2D eigenvalue weighted by molar-refractivity contribution is -0.145. The van der Waals surface area contributed by atoms with Gasteiger partial charge in [0.2, 0.25) is 11.8 Å². The van der Waals surface area contributed by atoms with Crippen LogP contribution in [0, 0.1) is 29.6 Å². The molecule has 11 nitrogen and oxygen atoms in total. The number of hydrogen-bond acceptors (Lipinski definition) is 8. The number of hydrogen-bond donors (Lipinski definition) is 2. The molecule has 1 aromatic heterocycles. The van der Waals surface area contributed by atoms with Gasteiger partial charge in [-0.25, -0.2) is 4.98 Å². The van der Waals surface area contributed by atoms with Crippen molar-refractivity contribution in [3.05, 3.63) is 102 Å². The molecule has 2 N–H and O–H groups in total. The van der Waals surface area contributed by atoms with Crippen LogP contribution in [-0.2, 0) is 23.9 Å². The maximum absolute atomic E-state index is 13.9. The number of carbonyl (C=O) groups is 3. The van der Waals surface area contributed by atoms with Gasteiger partial charge in [0.25, 0.3) is 0 Å². The lowest BCUT2D eigenvalue weighted by Crippen LogP contribution is -2.52. The molecule has 0 spiro atoms. The Bertz CT molecular complexity index is 2080. The van der Waals surface area contributed by atoms with Gasteiger partial charge in [-0.1, -0.05) is 68.2 Å². The van der Waals surface area contributed by atoms with Crippen molar-refractivity contribution in [2.45, 2.75) is 76.4 Å². The molecule has 2 amide bonds. The third-order valence-corrected chi connectivity index (χ3v) is 10.4. The summed E-state index contributed by atoms with van der Waals surface area (Å²) in [6, 6.07) is 16.5. The molecule has 284 valence electrons. The summed E-state index contributed by atoms with van der Waals surface area (Å²) in [5.41, 5.74) is 5.23. The quantitative estimate of drug-likeness (QED) is 0.135. The van der Waals surface area contributed by atoms with Crippen molar-refractivity contribution in [3.63, 3.8) is 0 Å². The summed E-state index contributed by atoms with van der Waals surface area (Å²) >= 11 is 0. The van der Waals surface area contributed by atoms with Gasteiger partial charge in [0, 0.05) is 42.6 Å². The van der Waals surface area contributed by atoms with Crippen molar-refractivity contribution >= 4 is 23.5 Å². The lowest BCUT2D eigenvalue weighted by Gasteiger charge is -2.31. The molecule has 4 atom stereocenters. The molecule has 4 heterocycles. The molecule has 0 bridgehead atoms. The SMILES string of the molecule is C=C(N[C@H](C(=O)N1CCC[C@H]1C1=NC=C(C#CC#Cc2ccc(-c3cnc([C@@H]4CCCN4C(=O)[C@H](CC(=O)OC)c4ccccc4)[nH]3)cc2)C1)C(C)C)OC. The Morgan fingerprint density at radius 2 is 1.62 bits per heavy atom. The van der Waals surface area contributed by atoms with E-state index in [-0.39, 0.29) is 36.2 Å². The van der Waals surface area contributed by atoms with E-state index >= 15 is 0 Å². The maximum Gasteiger partial charge on any atom is 0.306 e. The highest BCUT2D eigenvalue weighted by Crippen LogP contribution is 2.35. The van der Waals surface area contributed by atoms with Crippen LogP contribution in [0.2, 0.25) is 0 Å². The molecule has 55 heavy (non-hydrogen) atoms. The average molecular weight is 741 g/mol. The lowest BCUT2D eigenvalue weighted by atomic mass is 9.94. The highest BCUT2D eigenvalue weighted by molar-refractivity contribution is 5.98. The number of benzene rings is 2. The van der Waals surface area contributed by atoms with E-state index in [9.17, 15) is 14.4 Å². The number of imidazole rings is 1. The highest BCUT2D eigenvalue weighted by Gasteiger charge is 2.39. The fourth-order valence-electron chi connectivity index (χ4n) is 7.43. The molecule has 3 aromatic rings. The second-order valence-electron chi connectivity index (χ2n) is 14.3. The summed E-state index contributed by atoms with van der Waals surface area (Å²) in [5, 5.41) is 3.13.